The second kappa shape index (κ2) is 11.9. The second-order valence-corrected chi connectivity index (χ2v) is 13.1. The highest BCUT2D eigenvalue weighted by Gasteiger charge is 2.39. The number of amides is 1. The van der Waals surface area contributed by atoms with Gasteiger partial charge in [0.25, 0.3) is 5.56 Å². The molecule has 1 saturated heterocycles. The van der Waals surface area contributed by atoms with Gasteiger partial charge in [0.05, 0.1) is 38.7 Å². The summed E-state index contributed by atoms with van der Waals surface area (Å²) in [5.74, 6) is -0.593. The fraction of sp³-hybridized carbons (Fsp3) is 0.423. The molecule has 16 heteroatoms. The summed E-state index contributed by atoms with van der Waals surface area (Å²) in [4.78, 5) is 41.5. The molecule has 1 aromatic heterocycles. The van der Waals surface area contributed by atoms with Gasteiger partial charge in [-0.3, -0.25) is 9.36 Å². The average Bonchev–Trinajstić information content (AvgIpc) is 3.44. The van der Waals surface area contributed by atoms with E-state index < -0.39 is 73.9 Å². The van der Waals surface area contributed by atoms with Gasteiger partial charge in [0.1, 0.15) is 0 Å². The van der Waals surface area contributed by atoms with Gasteiger partial charge in [-0.2, -0.15) is 13.2 Å². The topological polar surface area (TPSA) is 142 Å². The minimum atomic E-state index is -4.99. The Hall–Kier alpha value is -3.07. The molecule has 228 valence electrons. The highest BCUT2D eigenvalue weighted by molar-refractivity contribution is 7.91. The first-order valence-corrected chi connectivity index (χ1v) is 15.2. The molecular weight excluding hydrogens is 624 g/mol. The first-order valence-electron chi connectivity index (χ1n) is 12.8. The minimum absolute atomic E-state index is 0.000199. The Kier molecular flexibility index (Phi) is 9.03. The van der Waals surface area contributed by atoms with E-state index >= 15 is 0 Å². The largest absolute Gasteiger partial charge is 0.465 e. The minimum Gasteiger partial charge on any atom is -0.465 e. The van der Waals surface area contributed by atoms with Gasteiger partial charge < -0.3 is 20.3 Å². The van der Waals surface area contributed by atoms with Gasteiger partial charge in [0.15, 0.2) is 9.84 Å². The van der Waals surface area contributed by atoms with E-state index in [0.717, 1.165) is 4.90 Å². The standard InChI is InChI=1S/C26H27Cl2F3N4O6S/c1-3-42(40,41)20-5-4-15(27)8-14(20)12-35-23(36)17-9-18(26(29,30)31)16(21(28)22(17)33-24(35)37)10-19(34(2)25(38)39)13-6-7-32-11-13/h4-5,8-9,13,19,32H,3,6-7,10-12H2,1-2H3,(H,33,37)(H,38,39)/t13?,19-/m0/s1. The fourth-order valence-corrected chi connectivity index (χ4v) is 6.90. The molecule has 0 spiro atoms. The number of aromatic amines is 1. The number of carbonyl (C=O) groups is 1. The van der Waals surface area contributed by atoms with E-state index in [4.69, 9.17) is 23.2 Å². The van der Waals surface area contributed by atoms with Crippen molar-refractivity contribution in [2.75, 3.05) is 25.9 Å². The summed E-state index contributed by atoms with van der Waals surface area (Å²) in [6, 6.07) is 3.51. The van der Waals surface area contributed by atoms with Crippen molar-refractivity contribution >= 4 is 50.0 Å². The number of hydrogen-bond donors (Lipinski definition) is 3. The molecule has 42 heavy (non-hydrogen) atoms. The predicted octanol–water partition coefficient (Wildman–Crippen LogP) is 3.99. The zero-order chi connectivity index (χ0) is 31.1. The maximum absolute atomic E-state index is 14.4. The van der Waals surface area contributed by atoms with E-state index in [1.54, 1.807) is 0 Å². The third kappa shape index (κ3) is 6.17. The van der Waals surface area contributed by atoms with Crippen molar-refractivity contribution in [3.63, 3.8) is 0 Å². The molecule has 3 N–H and O–H groups in total. The molecule has 3 aromatic rings. The number of carboxylic acid groups (broad SMARTS) is 1. The van der Waals surface area contributed by atoms with E-state index in [-0.39, 0.29) is 32.7 Å². The first-order chi connectivity index (χ1) is 19.6. The monoisotopic (exact) mass is 650 g/mol. The SMILES string of the molecule is CCS(=O)(=O)c1ccc(Cl)cc1Cn1c(=O)[nH]c2c(Cl)c(C[C@@H](C3CCNC3)N(C)C(=O)O)c(C(F)(F)F)cc2c1=O. The molecule has 2 aromatic carbocycles. The Bertz CT molecular complexity index is 1770. The molecule has 2 atom stereocenters. The highest BCUT2D eigenvalue weighted by atomic mass is 35.5. The molecule has 1 aliphatic rings. The number of fused-ring (bicyclic) bond motifs is 1. The summed E-state index contributed by atoms with van der Waals surface area (Å²) in [7, 11) is -2.55. The van der Waals surface area contributed by atoms with Crippen molar-refractivity contribution in [1.82, 2.24) is 19.8 Å². The number of nitrogens with one attached hydrogen (secondary N) is 2. The molecule has 2 heterocycles. The van der Waals surface area contributed by atoms with Crippen LogP contribution in [0.1, 0.15) is 30.0 Å². The lowest BCUT2D eigenvalue weighted by Crippen LogP contribution is -2.44. The Morgan fingerprint density at radius 3 is 2.50 bits per heavy atom. The maximum atomic E-state index is 14.4. The quantitative estimate of drug-likeness (QED) is 0.335. The molecule has 0 aliphatic carbocycles. The maximum Gasteiger partial charge on any atom is 0.416 e. The molecular formula is C26H27Cl2F3N4O6S. The summed E-state index contributed by atoms with van der Waals surface area (Å²) < 4.78 is 69.0. The molecule has 1 unspecified atom stereocenters. The van der Waals surface area contributed by atoms with Crippen molar-refractivity contribution in [2.24, 2.45) is 5.92 Å². The molecule has 0 saturated carbocycles. The van der Waals surface area contributed by atoms with Crippen LogP contribution in [0.5, 0.6) is 0 Å². The van der Waals surface area contributed by atoms with Crippen LogP contribution in [0.3, 0.4) is 0 Å². The van der Waals surface area contributed by atoms with Crippen LogP contribution in [0.15, 0.2) is 38.8 Å². The van der Waals surface area contributed by atoms with Crippen LogP contribution in [-0.4, -0.2) is 66.0 Å². The van der Waals surface area contributed by atoms with E-state index in [1.807, 2.05) is 0 Å². The second-order valence-electron chi connectivity index (χ2n) is 10.0. The van der Waals surface area contributed by atoms with Gasteiger partial charge in [0.2, 0.25) is 0 Å². The number of H-pyrrole nitrogens is 1. The third-order valence-electron chi connectivity index (χ3n) is 7.55. The summed E-state index contributed by atoms with van der Waals surface area (Å²) in [5.41, 5.74) is -4.23. The van der Waals surface area contributed by atoms with Crippen molar-refractivity contribution in [3.8, 4) is 0 Å². The molecule has 0 bridgehead atoms. The number of nitrogens with zero attached hydrogens (tertiary/aromatic N) is 2. The van der Waals surface area contributed by atoms with Crippen LogP contribution >= 0.6 is 23.2 Å². The van der Waals surface area contributed by atoms with Crippen LogP contribution < -0.4 is 16.6 Å². The van der Waals surface area contributed by atoms with E-state index in [0.29, 0.717) is 30.1 Å². The number of hydrogen-bond acceptors (Lipinski definition) is 6. The van der Waals surface area contributed by atoms with Gasteiger partial charge in [-0.25, -0.2) is 18.0 Å². The number of rotatable bonds is 8. The van der Waals surface area contributed by atoms with E-state index in [2.05, 4.69) is 10.3 Å². The van der Waals surface area contributed by atoms with E-state index in [1.165, 1.54) is 32.2 Å². The summed E-state index contributed by atoms with van der Waals surface area (Å²) in [6.07, 6.45) is -6.23. The van der Waals surface area contributed by atoms with Crippen LogP contribution in [-0.2, 0) is 29.0 Å². The van der Waals surface area contributed by atoms with Crippen molar-refractivity contribution in [3.05, 3.63) is 71.8 Å². The van der Waals surface area contributed by atoms with Crippen LogP contribution in [0.4, 0.5) is 18.0 Å². The van der Waals surface area contributed by atoms with Crippen molar-refractivity contribution < 1.29 is 31.5 Å². The summed E-state index contributed by atoms with van der Waals surface area (Å²) in [6.45, 7) is 1.76. The van der Waals surface area contributed by atoms with E-state index in [9.17, 15) is 41.1 Å². The molecule has 0 radical (unpaired) electrons. The molecule has 1 fully saturated rings. The zero-order valence-corrected chi connectivity index (χ0v) is 24.7. The first kappa shape index (κ1) is 31.9. The average molecular weight is 651 g/mol. The molecule has 1 amide bonds. The lowest BCUT2D eigenvalue weighted by Gasteiger charge is -2.32. The molecule has 1 aliphatic heterocycles. The van der Waals surface area contributed by atoms with Crippen LogP contribution in [0, 0.1) is 5.92 Å². The number of sulfone groups is 1. The lowest BCUT2D eigenvalue weighted by atomic mass is 9.89. The number of likely N-dealkylation sites (N-methyl/N-ethyl adjacent to an activating group) is 1. The number of alkyl halides is 3. The van der Waals surface area contributed by atoms with Crippen LogP contribution in [0.25, 0.3) is 10.9 Å². The Morgan fingerprint density at radius 2 is 1.93 bits per heavy atom. The van der Waals surface area contributed by atoms with Crippen molar-refractivity contribution in [1.29, 1.82) is 0 Å². The molecule has 4 rings (SSSR count). The normalized spacial score (nSPS) is 16.6. The zero-order valence-electron chi connectivity index (χ0n) is 22.4. The Balaban J connectivity index is 1.92. The lowest BCUT2D eigenvalue weighted by molar-refractivity contribution is -0.138. The smallest absolute Gasteiger partial charge is 0.416 e. The van der Waals surface area contributed by atoms with Crippen molar-refractivity contribution in [2.45, 2.75) is 43.4 Å². The number of aromatic nitrogens is 2. The summed E-state index contributed by atoms with van der Waals surface area (Å²) in [5, 5.41) is 11.7. The van der Waals surface area contributed by atoms with Crippen LogP contribution in [0.2, 0.25) is 10.0 Å². The highest BCUT2D eigenvalue weighted by Crippen LogP contribution is 2.40. The Labute approximate surface area is 248 Å². The van der Waals surface area contributed by atoms with Gasteiger partial charge in [-0.15, -0.1) is 0 Å². The fourth-order valence-electron chi connectivity index (χ4n) is 5.27. The number of benzene rings is 2. The van der Waals surface area contributed by atoms with Gasteiger partial charge in [-0.1, -0.05) is 30.1 Å². The van der Waals surface area contributed by atoms with Gasteiger partial charge >= 0.3 is 18.0 Å². The molecule has 10 nitrogen and oxygen atoms in total. The summed E-state index contributed by atoms with van der Waals surface area (Å²) >= 11 is 12.5. The predicted molar refractivity (Wildman–Crippen MR) is 151 cm³/mol. The third-order valence-corrected chi connectivity index (χ3v) is 10.0. The van der Waals surface area contributed by atoms with Gasteiger partial charge in [0, 0.05) is 18.1 Å². The Morgan fingerprint density at radius 1 is 1.24 bits per heavy atom. The van der Waals surface area contributed by atoms with Gasteiger partial charge in [-0.05, 0) is 67.2 Å². The number of halogens is 5.